The fourth-order valence-electron chi connectivity index (χ4n) is 1.69. The van der Waals surface area contributed by atoms with Crippen LogP contribution in [0.2, 0.25) is 0 Å². The molecule has 0 aromatic heterocycles. The molecule has 0 aliphatic heterocycles. The Morgan fingerprint density at radius 1 is 1.00 bits per heavy atom. The summed E-state index contributed by atoms with van der Waals surface area (Å²) in [6, 6.07) is 7.91. The van der Waals surface area contributed by atoms with Crippen molar-refractivity contribution in [1.29, 1.82) is 0 Å². The van der Waals surface area contributed by atoms with Crippen LogP contribution in [0.3, 0.4) is 0 Å². The minimum Gasteiger partial charge on any atom is -0.494 e. The van der Waals surface area contributed by atoms with E-state index in [-0.39, 0.29) is 19.3 Å². The number of hydrogen-bond acceptors (Lipinski definition) is 3. The molecule has 1 aromatic carbocycles. The number of para-hydroxylation sites is 1. The van der Waals surface area contributed by atoms with Crippen molar-refractivity contribution >= 4 is 12.6 Å². The van der Waals surface area contributed by atoms with Gasteiger partial charge < -0.3 is 14.0 Å². The van der Waals surface area contributed by atoms with Gasteiger partial charge in [-0.2, -0.15) is 0 Å². The standard InChI is InChI=1S/C15H25BO3/c1-6-11-17-15-10-8-7-9-14(15)16(18-12(2)3)19-13(4)5/h7-10,12-13H,6,11H2,1-5H3. The van der Waals surface area contributed by atoms with E-state index >= 15 is 0 Å². The lowest BCUT2D eigenvalue weighted by Crippen LogP contribution is -2.41. The second-order valence-electron chi connectivity index (χ2n) is 5.09. The van der Waals surface area contributed by atoms with Crippen LogP contribution >= 0.6 is 0 Å². The van der Waals surface area contributed by atoms with Gasteiger partial charge in [-0.3, -0.25) is 0 Å². The second kappa shape index (κ2) is 8.23. The van der Waals surface area contributed by atoms with Gasteiger partial charge in [-0.15, -0.1) is 0 Å². The van der Waals surface area contributed by atoms with Crippen molar-refractivity contribution in [3.8, 4) is 5.75 Å². The highest BCUT2D eigenvalue weighted by Crippen LogP contribution is 2.12. The average molecular weight is 264 g/mol. The molecule has 0 unspecified atom stereocenters. The number of rotatable bonds is 8. The van der Waals surface area contributed by atoms with E-state index < -0.39 is 0 Å². The molecule has 1 aromatic rings. The fourth-order valence-corrected chi connectivity index (χ4v) is 1.69. The van der Waals surface area contributed by atoms with Gasteiger partial charge in [0.25, 0.3) is 0 Å². The molecule has 0 N–H and O–H groups in total. The summed E-state index contributed by atoms with van der Waals surface area (Å²) in [4.78, 5) is 0. The Morgan fingerprint density at radius 3 is 2.11 bits per heavy atom. The minimum atomic E-state index is -0.381. The van der Waals surface area contributed by atoms with E-state index in [0.717, 1.165) is 17.6 Å². The topological polar surface area (TPSA) is 27.7 Å². The van der Waals surface area contributed by atoms with E-state index in [1.165, 1.54) is 0 Å². The van der Waals surface area contributed by atoms with E-state index in [1.807, 2.05) is 52.0 Å². The van der Waals surface area contributed by atoms with Crippen LogP contribution < -0.4 is 10.2 Å². The Balaban J connectivity index is 2.92. The van der Waals surface area contributed by atoms with Crippen molar-refractivity contribution < 1.29 is 14.0 Å². The van der Waals surface area contributed by atoms with Gasteiger partial charge in [0, 0.05) is 17.7 Å². The molecule has 0 saturated heterocycles. The molecule has 0 radical (unpaired) electrons. The molecule has 0 atom stereocenters. The second-order valence-corrected chi connectivity index (χ2v) is 5.09. The Hall–Kier alpha value is -0.995. The molecule has 0 amide bonds. The summed E-state index contributed by atoms with van der Waals surface area (Å²) < 4.78 is 17.5. The molecule has 1 rings (SSSR count). The van der Waals surface area contributed by atoms with Gasteiger partial charge >= 0.3 is 7.12 Å². The number of ether oxygens (including phenoxy) is 1. The third kappa shape index (κ3) is 5.66. The van der Waals surface area contributed by atoms with Crippen LogP contribution in [0.15, 0.2) is 24.3 Å². The maximum absolute atomic E-state index is 5.87. The van der Waals surface area contributed by atoms with Crippen LogP contribution in [-0.4, -0.2) is 25.9 Å². The molecule has 0 fully saturated rings. The zero-order chi connectivity index (χ0) is 14.3. The third-order valence-corrected chi connectivity index (χ3v) is 2.43. The first-order chi connectivity index (χ1) is 9.04. The summed E-state index contributed by atoms with van der Waals surface area (Å²) in [5.74, 6) is 0.843. The Morgan fingerprint density at radius 2 is 1.58 bits per heavy atom. The van der Waals surface area contributed by atoms with Crippen LogP contribution in [0.4, 0.5) is 0 Å². The molecular weight excluding hydrogens is 239 g/mol. The van der Waals surface area contributed by atoms with E-state index in [2.05, 4.69) is 6.92 Å². The predicted molar refractivity (Wildman–Crippen MR) is 80.1 cm³/mol. The summed E-state index contributed by atoms with van der Waals surface area (Å²) in [5.41, 5.74) is 0.957. The lowest BCUT2D eigenvalue weighted by molar-refractivity contribution is 0.138. The van der Waals surface area contributed by atoms with Crippen LogP contribution in [0.5, 0.6) is 5.75 Å². The lowest BCUT2D eigenvalue weighted by atomic mass is 9.77. The highest BCUT2D eigenvalue weighted by molar-refractivity contribution is 6.62. The number of hydrogen-bond donors (Lipinski definition) is 0. The predicted octanol–water partition coefficient (Wildman–Crippen LogP) is 3.02. The van der Waals surface area contributed by atoms with Crippen LogP contribution in [0.1, 0.15) is 41.0 Å². The first kappa shape index (κ1) is 16.1. The normalized spacial score (nSPS) is 11.1. The van der Waals surface area contributed by atoms with Gasteiger partial charge in [-0.05, 0) is 40.2 Å². The first-order valence-electron chi connectivity index (χ1n) is 7.07. The van der Waals surface area contributed by atoms with E-state index in [0.29, 0.717) is 6.61 Å². The molecule has 0 spiro atoms. The van der Waals surface area contributed by atoms with Crippen molar-refractivity contribution in [3.05, 3.63) is 24.3 Å². The van der Waals surface area contributed by atoms with Gasteiger partial charge in [-0.1, -0.05) is 25.1 Å². The Bertz CT molecular complexity index is 356. The summed E-state index contributed by atoms with van der Waals surface area (Å²) in [6.07, 6.45) is 1.18. The molecule has 0 saturated carbocycles. The summed E-state index contributed by atoms with van der Waals surface area (Å²) in [7, 11) is -0.381. The van der Waals surface area contributed by atoms with Gasteiger partial charge in [0.05, 0.1) is 6.61 Å². The Labute approximate surface area is 117 Å². The van der Waals surface area contributed by atoms with E-state index in [1.54, 1.807) is 0 Å². The largest absolute Gasteiger partial charge is 0.498 e. The Kier molecular flexibility index (Phi) is 6.96. The minimum absolute atomic E-state index is 0.1000. The van der Waals surface area contributed by atoms with E-state index in [4.69, 9.17) is 14.0 Å². The van der Waals surface area contributed by atoms with Gasteiger partial charge in [0.1, 0.15) is 5.75 Å². The third-order valence-electron chi connectivity index (χ3n) is 2.43. The molecule has 106 valence electrons. The smallest absolute Gasteiger partial charge is 0.494 e. The summed E-state index contributed by atoms with van der Waals surface area (Å²) in [6.45, 7) is 10.8. The molecule has 0 bridgehead atoms. The fraction of sp³-hybridized carbons (Fsp3) is 0.600. The van der Waals surface area contributed by atoms with Gasteiger partial charge in [0.2, 0.25) is 0 Å². The lowest BCUT2D eigenvalue weighted by Gasteiger charge is -2.21. The van der Waals surface area contributed by atoms with Crippen LogP contribution in [0, 0.1) is 0 Å². The zero-order valence-electron chi connectivity index (χ0n) is 12.7. The zero-order valence-corrected chi connectivity index (χ0v) is 12.7. The number of benzene rings is 1. The van der Waals surface area contributed by atoms with Crippen LogP contribution in [-0.2, 0) is 9.31 Å². The highest BCUT2D eigenvalue weighted by Gasteiger charge is 2.27. The van der Waals surface area contributed by atoms with Crippen LogP contribution in [0.25, 0.3) is 0 Å². The molecule has 0 aliphatic carbocycles. The SMILES string of the molecule is CCCOc1ccccc1B(OC(C)C)OC(C)C. The molecule has 3 nitrogen and oxygen atoms in total. The van der Waals surface area contributed by atoms with Gasteiger partial charge in [0.15, 0.2) is 0 Å². The average Bonchev–Trinajstić information content (AvgIpc) is 2.35. The monoisotopic (exact) mass is 264 g/mol. The van der Waals surface area contributed by atoms with Crippen molar-refractivity contribution in [2.45, 2.75) is 53.2 Å². The molecule has 0 aliphatic rings. The summed E-state index contributed by atoms with van der Waals surface area (Å²) in [5, 5.41) is 0. The van der Waals surface area contributed by atoms with Crippen molar-refractivity contribution in [3.63, 3.8) is 0 Å². The maximum atomic E-state index is 5.87. The maximum Gasteiger partial charge on any atom is 0.498 e. The first-order valence-corrected chi connectivity index (χ1v) is 7.07. The highest BCUT2D eigenvalue weighted by atomic mass is 16.6. The van der Waals surface area contributed by atoms with Crippen molar-refractivity contribution in [2.24, 2.45) is 0 Å². The molecule has 19 heavy (non-hydrogen) atoms. The quantitative estimate of drug-likeness (QED) is 0.675. The van der Waals surface area contributed by atoms with Crippen molar-refractivity contribution in [2.75, 3.05) is 6.61 Å². The van der Waals surface area contributed by atoms with E-state index in [9.17, 15) is 0 Å². The molecule has 4 heteroatoms. The molecular formula is C15H25BO3. The van der Waals surface area contributed by atoms with Crippen molar-refractivity contribution in [1.82, 2.24) is 0 Å². The van der Waals surface area contributed by atoms with Gasteiger partial charge in [-0.25, -0.2) is 0 Å². The molecule has 0 heterocycles. The summed E-state index contributed by atoms with van der Waals surface area (Å²) >= 11 is 0.